The Labute approximate surface area is 184 Å². The Morgan fingerprint density at radius 2 is 0.900 bits per heavy atom. The van der Waals surface area contributed by atoms with Crippen molar-refractivity contribution in [1.29, 1.82) is 0 Å². The number of rotatable bonds is 4. The van der Waals surface area contributed by atoms with Crippen LogP contribution in [0.15, 0.2) is 84.9 Å². The van der Waals surface area contributed by atoms with Crippen molar-refractivity contribution < 1.29 is 9.78 Å². The van der Waals surface area contributed by atoms with E-state index >= 15 is 0 Å². The van der Waals surface area contributed by atoms with Gasteiger partial charge in [-0.15, -0.1) is 0 Å². The lowest BCUT2D eigenvalue weighted by Gasteiger charge is -2.24. The van der Waals surface area contributed by atoms with Crippen molar-refractivity contribution in [3.05, 3.63) is 90.5 Å². The second kappa shape index (κ2) is 10.7. The highest BCUT2D eigenvalue weighted by Crippen LogP contribution is 2.14. The van der Waals surface area contributed by atoms with E-state index in [4.69, 9.17) is 9.78 Å². The van der Waals surface area contributed by atoms with Gasteiger partial charge in [0.25, 0.3) is 0 Å². The normalized spacial score (nSPS) is 11.7. The summed E-state index contributed by atoms with van der Waals surface area (Å²) < 4.78 is 0. The van der Waals surface area contributed by atoms with Gasteiger partial charge in [0.2, 0.25) is 0 Å². The van der Waals surface area contributed by atoms with E-state index in [-0.39, 0.29) is 11.2 Å². The van der Waals surface area contributed by atoms with Gasteiger partial charge in [-0.05, 0) is 53.7 Å². The van der Waals surface area contributed by atoms with Crippen LogP contribution in [0.3, 0.4) is 0 Å². The van der Waals surface area contributed by atoms with E-state index in [1.54, 1.807) is 0 Å². The Hall–Kier alpha value is -2.20. The molecule has 0 aromatic heterocycles. The predicted octanol–water partition coefficient (Wildman–Crippen LogP) is 5.04. The van der Waals surface area contributed by atoms with Gasteiger partial charge in [0.15, 0.2) is 8.80 Å². The van der Waals surface area contributed by atoms with Crippen molar-refractivity contribution in [3.8, 4) is 0 Å². The fraction of sp³-hybridized carbons (Fsp3) is 0.333. The molecule has 0 aliphatic heterocycles. The van der Waals surface area contributed by atoms with Gasteiger partial charge < -0.3 is 0 Å². The zero-order valence-electron chi connectivity index (χ0n) is 19.4. The average Bonchev–Trinajstić information content (AvgIpc) is 2.69. The van der Waals surface area contributed by atoms with Gasteiger partial charge >= 0.3 is 0 Å². The zero-order valence-corrected chi connectivity index (χ0v) is 20.4. The van der Waals surface area contributed by atoms with Gasteiger partial charge in [-0.3, -0.25) is 0 Å². The summed E-state index contributed by atoms with van der Waals surface area (Å²) in [4.78, 5) is 10.2. The summed E-state index contributed by atoms with van der Waals surface area (Å²) in [6.45, 7) is 14.0. The molecule has 0 N–H and O–H groups in total. The second-order valence-electron chi connectivity index (χ2n) is 9.31. The first-order valence-corrected chi connectivity index (χ1v) is 12.0. The van der Waals surface area contributed by atoms with Crippen LogP contribution in [0.25, 0.3) is 0 Å². The van der Waals surface area contributed by atoms with E-state index in [0.717, 1.165) is 0 Å². The highest BCUT2D eigenvalue weighted by Gasteiger charge is 2.20. The lowest BCUT2D eigenvalue weighted by Crippen LogP contribution is -2.52. The zero-order chi connectivity index (χ0) is 22.2. The van der Waals surface area contributed by atoms with Crippen LogP contribution in [0.5, 0.6) is 0 Å². The van der Waals surface area contributed by atoms with Crippen molar-refractivity contribution in [2.75, 3.05) is 0 Å². The predicted molar refractivity (Wildman–Crippen MR) is 130 cm³/mol. The molecule has 0 saturated heterocycles. The van der Waals surface area contributed by atoms with Crippen LogP contribution in [0.2, 0.25) is 0 Å². The molecule has 0 saturated carbocycles. The number of hydrogen-bond acceptors (Lipinski definition) is 2. The molecule has 0 unspecified atom stereocenters. The van der Waals surface area contributed by atoms with E-state index in [9.17, 15) is 0 Å². The van der Waals surface area contributed by atoms with Gasteiger partial charge in [0.05, 0.1) is 11.2 Å². The standard InChI is InChI=1S/C19H17Si.C8H18O2/c1-16-10-8-9-15-19(16)20(17-11-4-2-5-12-17)18-13-6-3-7-14-18;1-7(2,3)9-10-8(4,5)6/h2-15H,1H3;1-6H3. The fourth-order valence-electron chi connectivity index (χ4n) is 2.79. The third-order valence-electron chi connectivity index (χ3n) is 4.08. The Bertz CT molecular complexity index is 824. The smallest absolute Gasteiger partial charge is 0.154 e. The summed E-state index contributed by atoms with van der Waals surface area (Å²) in [5.74, 6) is 0. The summed E-state index contributed by atoms with van der Waals surface area (Å²) >= 11 is 0. The molecule has 3 heteroatoms. The summed E-state index contributed by atoms with van der Waals surface area (Å²) in [6, 6.07) is 30.5. The van der Waals surface area contributed by atoms with Gasteiger partial charge in [0, 0.05) is 0 Å². The summed E-state index contributed by atoms with van der Waals surface area (Å²) in [7, 11) is -0.907. The third kappa shape index (κ3) is 8.27. The highest BCUT2D eigenvalue weighted by molar-refractivity contribution is 6.95. The van der Waals surface area contributed by atoms with E-state index in [1.807, 2.05) is 41.5 Å². The van der Waals surface area contributed by atoms with E-state index in [2.05, 4.69) is 91.9 Å². The van der Waals surface area contributed by atoms with Gasteiger partial charge in [-0.25, -0.2) is 9.78 Å². The highest BCUT2D eigenvalue weighted by atomic mass is 28.3. The molecule has 0 heterocycles. The van der Waals surface area contributed by atoms with E-state index in [0.29, 0.717) is 0 Å². The van der Waals surface area contributed by atoms with Gasteiger partial charge in [0.1, 0.15) is 0 Å². The van der Waals surface area contributed by atoms with Crippen LogP contribution in [0, 0.1) is 6.92 Å². The molecule has 3 aromatic rings. The topological polar surface area (TPSA) is 18.5 Å². The quantitative estimate of drug-likeness (QED) is 0.255. The van der Waals surface area contributed by atoms with Crippen LogP contribution in [-0.4, -0.2) is 20.0 Å². The molecule has 0 atom stereocenters. The van der Waals surface area contributed by atoms with E-state index < -0.39 is 8.80 Å². The van der Waals surface area contributed by atoms with Gasteiger partial charge in [-0.1, -0.05) is 101 Å². The molecular formula is C27H35O2Si. The maximum absolute atomic E-state index is 5.09. The Morgan fingerprint density at radius 1 is 0.533 bits per heavy atom. The molecule has 0 spiro atoms. The number of aryl methyl sites for hydroxylation is 1. The minimum absolute atomic E-state index is 0.215. The molecule has 0 aliphatic rings. The number of benzene rings is 3. The van der Waals surface area contributed by atoms with Crippen LogP contribution >= 0.6 is 0 Å². The summed E-state index contributed by atoms with van der Waals surface area (Å²) in [6.07, 6.45) is 0. The third-order valence-corrected chi connectivity index (χ3v) is 7.00. The molecular weight excluding hydrogens is 384 g/mol. The molecule has 3 rings (SSSR count). The minimum atomic E-state index is -0.907. The summed E-state index contributed by atoms with van der Waals surface area (Å²) in [5, 5.41) is 4.37. The molecule has 0 aliphatic carbocycles. The first-order valence-electron chi connectivity index (χ1n) is 10.5. The van der Waals surface area contributed by atoms with Crippen LogP contribution in [0.4, 0.5) is 0 Å². The first-order chi connectivity index (χ1) is 14.1. The van der Waals surface area contributed by atoms with Crippen molar-refractivity contribution in [3.63, 3.8) is 0 Å². The molecule has 0 amide bonds. The van der Waals surface area contributed by atoms with Crippen molar-refractivity contribution in [2.45, 2.75) is 59.7 Å². The summed E-state index contributed by atoms with van der Waals surface area (Å²) in [5.41, 5.74) is 0.953. The van der Waals surface area contributed by atoms with Crippen molar-refractivity contribution >= 4 is 24.4 Å². The fourth-order valence-corrected chi connectivity index (χ4v) is 5.54. The maximum atomic E-state index is 5.09. The maximum Gasteiger partial charge on any atom is 0.154 e. The lowest BCUT2D eigenvalue weighted by atomic mass is 10.2. The molecule has 3 aromatic carbocycles. The Morgan fingerprint density at radius 3 is 1.27 bits per heavy atom. The van der Waals surface area contributed by atoms with E-state index in [1.165, 1.54) is 21.1 Å². The molecule has 159 valence electrons. The lowest BCUT2D eigenvalue weighted by molar-refractivity contribution is -0.393. The molecule has 0 bridgehead atoms. The minimum Gasteiger partial charge on any atom is -0.230 e. The van der Waals surface area contributed by atoms with Crippen LogP contribution in [-0.2, 0) is 9.78 Å². The molecule has 1 radical (unpaired) electrons. The Kier molecular flexibility index (Phi) is 8.60. The van der Waals surface area contributed by atoms with Crippen molar-refractivity contribution in [2.24, 2.45) is 0 Å². The molecule has 0 fully saturated rings. The van der Waals surface area contributed by atoms with Crippen molar-refractivity contribution in [1.82, 2.24) is 0 Å². The molecule has 2 nitrogen and oxygen atoms in total. The second-order valence-corrected chi connectivity index (χ2v) is 11.8. The monoisotopic (exact) mass is 419 g/mol. The van der Waals surface area contributed by atoms with Gasteiger partial charge in [-0.2, -0.15) is 0 Å². The number of hydrogen-bond donors (Lipinski definition) is 0. The Balaban J connectivity index is 0.000000274. The largest absolute Gasteiger partial charge is 0.230 e. The average molecular weight is 420 g/mol. The molecule has 30 heavy (non-hydrogen) atoms. The van der Waals surface area contributed by atoms with Crippen LogP contribution in [0.1, 0.15) is 47.1 Å². The SMILES string of the molecule is CC(C)(C)OOC(C)(C)C.Cc1ccccc1[Si](c1ccccc1)c1ccccc1. The first kappa shape index (κ1) is 24.1. The van der Waals surface area contributed by atoms with Crippen LogP contribution < -0.4 is 15.6 Å².